The summed E-state index contributed by atoms with van der Waals surface area (Å²) in [6.45, 7) is 4.32. The summed E-state index contributed by atoms with van der Waals surface area (Å²) in [5.41, 5.74) is -2.72. The summed E-state index contributed by atoms with van der Waals surface area (Å²) >= 11 is 0. The number of aliphatic hydroxyl groups is 1. The molecule has 1 aliphatic heterocycles. The Hall–Kier alpha value is -3.28. The van der Waals surface area contributed by atoms with Crippen LogP contribution in [0.4, 0.5) is 0 Å². The molecule has 2 aromatic rings. The van der Waals surface area contributed by atoms with Gasteiger partial charge in [0.05, 0.1) is 37.1 Å². The number of likely N-dealkylation sites (tertiary alicyclic amines) is 1. The number of benzene rings is 2. The van der Waals surface area contributed by atoms with Gasteiger partial charge in [-0.15, -0.1) is 0 Å². The van der Waals surface area contributed by atoms with Gasteiger partial charge in [-0.05, 0) is 80.3 Å². The Kier molecular flexibility index (Phi) is 7.81. The van der Waals surface area contributed by atoms with Gasteiger partial charge >= 0.3 is 11.9 Å². The zero-order valence-corrected chi connectivity index (χ0v) is 28.9. The Morgan fingerprint density at radius 2 is 1.65 bits per heavy atom. The van der Waals surface area contributed by atoms with E-state index in [0.717, 1.165) is 25.9 Å². The van der Waals surface area contributed by atoms with Crippen molar-refractivity contribution in [1.29, 1.82) is 0 Å². The lowest BCUT2D eigenvalue weighted by Crippen LogP contribution is -2.76. The van der Waals surface area contributed by atoms with Gasteiger partial charge in [0.25, 0.3) is 0 Å². The molecule has 12 atom stereocenters. The lowest BCUT2D eigenvalue weighted by molar-refractivity contribution is -0.263. The molecule has 10 heteroatoms. The van der Waals surface area contributed by atoms with Crippen molar-refractivity contribution in [3.63, 3.8) is 0 Å². The third-order valence-electron chi connectivity index (χ3n) is 13.5. The van der Waals surface area contributed by atoms with Crippen molar-refractivity contribution in [3.8, 4) is 5.75 Å². The Balaban J connectivity index is 1.35. The smallest absolute Gasteiger partial charge is 0.339 e. The molecule has 10 nitrogen and oxygen atoms in total. The second kappa shape index (κ2) is 11.6. The highest BCUT2D eigenvalue weighted by Crippen LogP contribution is 2.79. The molecule has 0 unspecified atom stereocenters. The average Bonchev–Trinajstić information content (AvgIpc) is 3.48. The van der Waals surface area contributed by atoms with Crippen molar-refractivity contribution < 1.29 is 43.1 Å². The van der Waals surface area contributed by atoms with Crippen LogP contribution in [0.2, 0.25) is 0 Å². The van der Waals surface area contributed by atoms with Gasteiger partial charge in [0.15, 0.2) is 0 Å². The summed E-state index contributed by atoms with van der Waals surface area (Å²) in [6.07, 6.45) is 4.26. The number of carbonyl (C=O) groups is 2. The van der Waals surface area contributed by atoms with E-state index in [2.05, 4.69) is 11.8 Å². The number of methoxy groups -OCH3 is 4. The van der Waals surface area contributed by atoms with Crippen molar-refractivity contribution in [2.24, 2.45) is 34.5 Å². The second-order valence-electron chi connectivity index (χ2n) is 15.1. The van der Waals surface area contributed by atoms with Crippen molar-refractivity contribution in [2.45, 2.75) is 61.7 Å². The first-order valence-electron chi connectivity index (χ1n) is 17.5. The lowest BCUT2D eigenvalue weighted by Gasteiger charge is -2.69. The summed E-state index contributed by atoms with van der Waals surface area (Å²) in [5.74, 6) is -1.56. The van der Waals surface area contributed by atoms with Gasteiger partial charge in [-0.3, -0.25) is 4.90 Å². The molecule has 1 spiro atoms. The Bertz CT molecular complexity index is 1630. The van der Waals surface area contributed by atoms with Gasteiger partial charge in [-0.1, -0.05) is 25.1 Å². The first-order valence-corrected chi connectivity index (χ1v) is 17.5. The SMILES string of the molecule is CCN1C[C@]2(COC)CC[C@H](OC)[C@@]34[C@@H]5C[C@@]6(O)C=C[C@@](OC(=O)c7ccc(OC)cc7)([C@H]5[C@H]6OC(=O)c5ccccc5)[C@@H]([C@H](OC)[C@H]23)[C@@H]14. The van der Waals surface area contributed by atoms with Crippen LogP contribution in [0.25, 0.3) is 0 Å². The second-order valence-corrected chi connectivity index (χ2v) is 15.1. The van der Waals surface area contributed by atoms with E-state index in [1.807, 2.05) is 12.1 Å². The van der Waals surface area contributed by atoms with Crippen molar-refractivity contribution in [3.05, 3.63) is 77.9 Å². The highest BCUT2D eigenvalue weighted by molar-refractivity contribution is 5.90. The number of piperidine rings is 1. The third-order valence-corrected chi connectivity index (χ3v) is 13.5. The number of nitrogens with zero attached hydrogens (tertiary/aromatic N) is 1. The number of carbonyl (C=O) groups excluding carboxylic acids is 2. The van der Waals surface area contributed by atoms with E-state index in [1.54, 1.807) is 83.0 Å². The Morgan fingerprint density at radius 3 is 2.31 bits per heavy atom. The molecule has 0 radical (unpaired) electrons. The number of fused-ring (bicyclic) bond motifs is 2. The molecule has 5 fully saturated rings. The van der Waals surface area contributed by atoms with Crippen LogP contribution in [0.15, 0.2) is 66.7 Å². The molecule has 5 aliphatic carbocycles. The predicted molar refractivity (Wildman–Crippen MR) is 178 cm³/mol. The zero-order chi connectivity index (χ0) is 34.3. The van der Waals surface area contributed by atoms with Crippen LogP contribution in [0.1, 0.15) is 46.9 Å². The van der Waals surface area contributed by atoms with Crippen LogP contribution in [0.3, 0.4) is 0 Å². The fourth-order valence-electron chi connectivity index (χ4n) is 12.2. The molecule has 1 N–H and O–H groups in total. The van der Waals surface area contributed by atoms with Crippen molar-refractivity contribution in [2.75, 3.05) is 48.1 Å². The van der Waals surface area contributed by atoms with E-state index in [0.29, 0.717) is 29.9 Å². The van der Waals surface area contributed by atoms with Crippen LogP contribution in [0, 0.1) is 34.5 Å². The normalized spacial score (nSPS) is 42.5. The molecule has 1 heterocycles. The van der Waals surface area contributed by atoms with E-state index in [4.69, 9.17) is 28.4 Å². The minimum atomic E-state index is -1.47. The van der Waals surface area contributed by atoms with Gasteiger partial charge in [0.2, 0.25) is 0 Å². The molecule has 6 aliphatic rings. The van der Waals surface area contributed by atoms with Crippen molar-refractivity contribution in [1.82, 2.24) is 4.90 Å². The Morgan fingerprint density at radius 1 is 0.918 bits per heavy atom. The fourth-order valence-corrected chi connectivity index (χ4v) is 12.2. The van der Waals surface area contributed by atoms with Crippen LogP contribution in [0.5, 0.6) is 5.75 Å². The fraction of sp³-hybridized carbons (Fsp3) is 0.590. The van der Waals surface area contributed by atoms with Crippen molar-refractivity contribution >= 4 is 11.9 Å². The molecule has 262 valence electrons. The molecule has 49 heavy (non-hydrogen) atoms. The highest BCUT2D eigenvalue weighted by Gasteiger charge is 2.88. The summed E-state index contributed by atoms with van der Waals surface area (Å²) in [4.78, 5) is 30.7. The van der Waals surface area contributed by atoms with Gasteiger partial charge in [-0.25, -0.2) is 9.59 Å². The molecule has 0 amide bonds. The topological polar surface area (TPSA) is 113 Å². The quantitative estimate of drug-likeness (QED) is 0.292. The molecular weight excluding hydrogens is 626 g/mol. The summed E-state index contributed by atoms with van der Waals surface area (Å²) < 4.78 is 37.9. The first kappa shape index (κ1) is 32.9. The molecule has 2 aromatic carbocycles. The maximum atomic E-state index is 14.4. The summed E-state index contributed by atoms with van der Waals surface area (Å²) in [6, 6.07) is 15.6. The van der Waals surface area contributed by atoms with E-state index >= 15 is 0 Å². The zero-order valence-electron chi connectivity index (χ0n) is 28.9. The van der Waals surface area contributed by atoms with Crippen LogP contribution >= 0.6 is 0 Å². The summed E-state index contributed by atoms with van der Waals surface area (Å²) in [7, 11) is 6.89. The maximum Gasteiger partial charge on any atom is 0.339 e. The maximum absolute atomic E-state index is 14.4. The number of hydrogen-bond donors (Lipinski definition) is 1. The number of rotatable bonds is 10. The Labute approximate surface area is 287 Å². The molecule has 0 aromatic heterocycles. The van der Waals surface area contributed by atoms with E-state index in [1.165, 1.54) is 0 Å². The monoisotopic (exact) mass is 673 g/mol. The van der Waals surface area contributed by atoms with Gasteiger partial charge in [0.1, 0.15) is 23.1 Å². The van der Waals surface area contributed by atoms with E-state index in [-0.39, 0.29) is 41.4 Å². The van der Waals surface area contributed by atoms with E-state index < -0.39 is 40.6 Å². The molecule has 7 bridgehead atoms. The summed E-state index contributed by atoms with van der Waals surface area (Å²) in [5, 5.41) is 12.6. The van der Waals surface area contributed by atoms with Gasteiger partial charge in [0, 0.05) is 62.5 Å². The highest BCUT2D eigenvalue weighted by atomic mass is 16.6. The predicted octanol–water partition coefficient (Wildman–Crippen LogP) is 4.16. The van der Waals surface area contributed by atoms with Crippen LogP contribution < -0.4 is 4.74 Å². The van der Waals surface area contributed by atoms with Gasteiger partial charge in [-0.2, -0.15) is 0 Å². The van der Waals surface area contributed by atoms with E-state index in [9.17, 15) is 14.7 Å². The molecule has 4 saturated carbocycles. The average molecular weight is 674 g/mol. The van der Waals surface area contributed by atoms with Crippen LogP contribution in [-0.4, -0.2) is 106 Å². The lowest BCUT2D eigenvalue weighted by atomic mass is 9.43. The standard InChI is InChI=1S/C39H47NO9/c1-6-40-21-36(22-44-2)17-16-27(46-4)39-26-20-37(43)18-19-38(29(32(39)40)30(47-5)31(36)39,49-35(42)24-12-14-25(45-3)15-13-24)28(26)33(37)48-34(41)23-10-8-7-9-11-23/h7-15,18-19,26-33,43H,6,16-17,20-22H2,1-5H3/t26-,27+,28-,29+,30+,31-,32-,33-,36+,37+,38-,39+/m1/s1. The minimum absolute atomic E-state index is 0.0187. The molecule has 8 rings (SSSR count). The third kappa shape index (κ3) is 4.24. The molecule has 1 saturated heterocycles. The molecular formula is C39H47NO9. The largest absolute Gasteiger partial charge is 0.497 e. The number of ether oxygens (including phenoxy) is 6. The van der Waals surface area contributed by atoms with Gasteiger partial charge < -0.3 is 33.5 Å². The van der Waals surface area contributed by atoms with Crippen LogP contribution in [-0.2, 0) is 23.7 Å². The number of esters is 2. The minimum Gasteiger partial charge on any atom is -0.497 e. The number of hydrogen-bond acceptors (Lipinski definition) is 10. The first-order chi connectivity index (χ1) is 23.7.